The maximum Gasteiger partial charge on any atom is 0.407 e. The first kappa shape index (κ1) is 29.0. The Hall–Kier alpha value is -4.59. The van der Waals surface area contributed by atoms with Gasteiger partial charge in [-0.05, 0) is 51.5 Å². The fourth-order valence-corrected chi connectivity index (χ4v) is 3.68. The van der Waals surface area contributed by atoms with E-state index >= 15 is 4.39 Å². The molecule has 0 radical (unpaired) electrons. The van der Waals surface area contributed by atoms with Crippen molar-refractivity contribution in [3.63, 3.8) is 0 Å². The Kier molecular flexibility index (Phi) is 9.14. The monoisotopic (exact) mass is 539 g/mol. The first-order chi connectivity index (χ1) is 18.4. The van der Waals surface area contributed by atoms with E-state index in [0.29, 0.717) is 22.7 Å². The van der Waals surface area contributed by atoms with Gasteiger partial charge in [-0.25, -0.2) is 18.6 Å². The summed E-state index contributed by atoms with van der Waals surface area (Å²) in [5.41, 5.74) is 0.269. The number of aromatic nitrogens is 1. The summed E-state index contributed by atoms with van der Waals surface area (Å²) < 4.78 is 44.7. The number of ether oxygens (including phenoxy) is 3. The van der Waals surface area contributed by atoms with Gasteiger partial charge >= 0.3 is 6.09 Å². The van der Waals surface area contributed by atoms with Gasteiger partial charge in [-0.1, -0.05) is 12.1 Å². The molecule has 0 aliphatic carbocycles. The minimum atomic E-state index is -0.795. The lowest BCUT2D eigenvalue weighted by atomic mass is 10.00. The summed E-state index contributed by atoms with van der Waals surface area (Å²) in [6.45, 7) is 6.88. The van der Waals surface area contributed by atoms with E-state index in [4.69, 9.17) is 14.2 Å². The number of alkyl carbamates (subject to hydrolysis) is 1. The molecule has 2 aromatic carbocycles. The van der Waals surface area contributed by atoms with Crippen LogP contribution in [-0.2, 0) is 4.74 Å². The van der Waals surface area contributed by atoms with E-state index in [0.717, 1.165) is 6.07 Å². The zero-order valence-corrected chi connectivity index (χ0v) is 22.6. The average Bonchev–Trinajstić information content (AvgIpc) is 2.87. The number of hydrogen-bond donors (Lipinski definition) is 3. The molecule has 3 N–H and O–H groups in total. The Morgan fingerprint density at radius 3 is 2.15 bits per heavy atom. The molecule has 0 spiro atoms. The Labute approximate surface area is 226 Å². The number of nitriles is 1. The van der Waals surface area contributed by atoms with Gasteiger partial charge < -0.3 is 30.2 Å². The average molecular weight is 540 g/mol. The number of anilines is 3. The third-order valence-corrected chi connectivity index (χ3v) is 5.48. The molecule has 0 aliphatic heterocycles. The number of methoxy groups -OCH3 is 2. The molecular formula is C28H31F2N5O4. The van der Waals surface area contributed by atoms with E-state index in [2.05, 4.69) is 20.9 Å². The first-order valence-electron chi connectivity index (χ1n) is 12.0. The van der Waals surface area contributed by atoms with Crippen molar-refractivity contribution >= 4 is 23.4 Å². The van der Waals surface area contributed by atoms with Crippen LogP contribution < -0.4 is 25.4 Å². The van der Waals surface area contributed by atoms with Gasteiger partial charge in [0.15, 0.2) is 17.5 Å². The number of pyridine rings is 1. The molecule has 1 aromatic heterocycles. The number of carbonyl (C=O) groups is 1. The van der Waals surface area contributed by atoms with Gasteiger partial charge in [-0.2, -0.15) is 5.26 Å². The molecule has 1 heterocycles. The molecule has 0 fully saturated rings. The van der Waals surface area contributed by atoms with Crippen LogP contribution in [-0.4, -0.2) is 36.9 Å². The van der Waals surface area contributed by atoms with Gasteiger partial charge in [-0.15, -0.1) is 0 Å². The molecule has 2 atom stereocenters. The minimum absolute atomic E-state index is 0.0434. The smallest absolute Gasteiger partial charge is 0.407 e. The third-order valence-electron chi connectivity index (χ3n) is 5.48. The Bertz CT molecular complexity index is 1330. The van der Waals surface area contributed by atoms with E-state index in [1.165, 1.54) is 38.5 Å². The van der Waals surface area contributed by atoms with Gasteiger partial charge in [0, 0.05) is 23.9 Å². The maximum atomic E-state index is 15.2. The molecule has 0 saturated carbocycles. The summed E-state index contributed by atoms with van der Waals surface area (Å²) in [5.74, 6) is -0.380. The molecule has 9 nitrogen and oxygen atoms in total. The Morgan fingerprint density at radius 2 is 1.62 bits per heavy atom. The maximum absolute atomic E-state index is 15.2. The predicted octanol–water partition coefficient (Wildman–Crippen LogP) is 6.06. The summed E-state index contributed by atoms with van der Waals surface area (Å²) in [5, 5.41) is 18.3. The number of benzene rings is 2. The molecule has 0 saturated heterocycles. The van der Waals surface area contributed by atoms with Crippen LogP contribution in [0.3, 0.4) is 0 Å². The van der Waals surface area contributed by atoms with Gasteiger partial charge in [0.1, 0.15) is 29.0 Å². The highest BCUT2D eigenvalue weighted by Gasteiger charge is 2.26. The van der Waals surface area contributed by atoms with Crippen molar-refractivity contribution in [3.05, 3.63) is 71.3 Å². The van der Waals surface area contributed by atoms with Crippen molar-refractivity contribution in [2.75, 3.05) is 24.9 Å². The molecule has 1 amide bonds. The minimum Gasteiger partial charge on any atom is -0.497 e. The summed E-state index contributed by atoms with van der Waals surface area (Å²) in [7, 11) is 3.00. The highest BCUT2D eigenvalue weighted by molar-refractivity contribution is 5.69. The van der Waals surface area contributed by atoms with Crippen molar-refractivity contribution in [2.24, 2.45) is 0 Å². The third kappa shape index (κ3) is 7.95. The topological polar surface area (TPSA) is 118 Å². The standard InChI is InChI=1S/C28H31F2N5O4/c1-16(32-27(36)39-28(2,3)4)24(17-7-9-19(29)10-8-17)34-26-23(30)11-18(15-31)25(35-26)33-20-12-21(37-5)14-22(13-20)38-6/h7-14,16,24H,1-6H3,(H,32,36)(H2,33,34,35)/t16-,24-/m0/s1. The number of carbonyl (C=O) groups excluding carboxylic acids is 1. The number of rotatable bonds is 9. The Morgan fingerprint density at radius 1 is 1.00 bits per heavy atom. The van der Waals surface area contributed by atoms with Gasteiger partial charge in [0.2, 0.25) is 0 Å². The van der Waals surface area contributed by atoms with E-state index in [-0.39, 0.29) is 17.2 Å². The van der Waals surface area contributed by atoms with Crippen molar-refractivity contribution < 1.29 is 27.8 Å². The predicted molar refractivity (Wildman–Crippen MR) is 143 cm³/mol. The van der Waals surface area contributed by atoms with E-state index in [9.17, 15) is 14.4 Å². The number of nitrogens with one attached hydrogen (secondary N) is 3. The molecular weight excluding hydrogens is 508 g/mol. The summed E-state index contributed by atoms with van der Waals surface area (Å²) in [6.07, 6.45) is -0.675. The fraction of sp³-hybridized carbons (Fsp3) is 0.321. The lowest BCUT2D eigenvalue weighted by Gasteiger charge is -2.29. The second-order valence-electron chi connectivity index (χ2n) is 9.66. The molecule has 11 heteroatoms. The molecule has 39 heavy (non-hydrogen) atoms. The number of nitrogens with zero attached hydrogens (tertiary/aromatic N) is 2. The highest BCUT2D eigenvalue weighted by Crippen LogP contribution is 2.31. The molecule has 0 bridgehead atoms. The van der Waals surface area contributed by atoms with Gasteiger partial charge in [0.05, 0.1) is 31.9 Å². The molecule has 0 unspecified atom stereocenters. The lowest BCUT2D eigenvalue weighted by Crippen LogP contribution is -2.42. The largest absolute Gasteiger partial charge is 0.497 e. The van der Waals surface area contributed by atoms with Crippen molar-refractivity contribution in [2.45, 2.75) is 45.4 Å². The summed E-state index contributed by atoms with van der Waals surface area (Å²) in [6, 6.07) is 12.1. The molecule has 3 rings (SSSR count). The van der Waals surface area contributed by atoms with Gasteiger partial charge in [-0.3, -0.25) is 0 Å². The molecule has 206 valence electrons. The van der Waals surface area contributed by atoms with E-state index in [1.54, 1.807) is 45.9 Å². The number of halogens is 2. The van der Waals surface area contributed by atoms with Crippen LogP contribution in [0, 0.1) is 23.0 Å². The van der Waals surface area contributed by atoms with Crippen molar-refractivity contribution in [3.8, 4) is 17.6 Å². The van der Waals surface area contributed by atoms with Crippen molar-refractivity contribution in [1.29, 1.82) is 5.26 Å². The molecule has 3 aromatic rings. The number of amides is 1. The van der Waals surface area contributed by atoms with Crippen LogP contribution in [0.2, 0.25) is 0 Å². The van der Waals surface area contributed by atoms with E-state index < -0.39 is 35.4 Å². The zero-order valence-electron chi connectivity index (χ0n) is 22.6. The number of hydrogen-bond acceptors (Lipinski definition) is 8. The lowest BCUT2D eigenvalue weighted by molar-refractivity contribution is 0.0503. The van der Waals surface area contributed by atoms with Crippen LogP contribution in [0.4, 0.5) is 30.9 Å². The first-order valence-corrected chi connectivity index (χ1v) is 12.0. The summed E-state index contributed by atoms with van der Waals surface area (Å²) >= 11 is 0. The van der Waals surface area contributed by atoms with Gasteiger partial charge in [0.25, 0.3) is 0 Å². The Balaban J connectivity index is 1.98. The second kappa shape index (κ2) is 12.3. The SMILES string of the molecule is COc1cc(Nc2nc(N[C@H](c3ccc(F)cc3)[C@H](C)NC(=O)OC(C)(C)C)c(F)cc2C#N)cc(OC)c1. The van der Waals surface area contributed by atoms with Crippen LogP contribution in [0.25, 0.3) is 0 Å². The second-order valence-corrected chi connectivity index (χ2v) is 9.66. The highest BCUT2D eigenvalue weighted by atomic mass is 19.1. The van der Waals surface area contributed by atoms with Crippen molar-refractivity contribution in [1.82, 2.24) is 10.3 Å². The quantitative estimate of drug-likeness (QED) is 0.300. The zero-order chi connectivity index (χ0) is 28.7. The summed E-state index contributed by atoms with van der Waals surface area (Å²) in [4.78, 5) is 16.8. The van der Waals surface area contributed by atoms with Crippen LogP contribution >= 0.6 is 0 Å². The molecule has 0 aliphatic rings. The van der Waals surface area contributed by atoms with Crippen LogP contribution in [0.1, 0.15) is 44.9 Å². The van der Waals surface area contributed by atoms with E-state index in [1.807, 2.05) is 6.07 Å². The van der Waals surface area contributed by atoms with Crippen LogP contribution in [0.5, 0.6) is 11.5 Å². The fourth-order valence-electron chi connectivity index (χ4n) is 3.68. The normalized spacial score (nSPS) is 12.5. The van der Waals surface area contributed by atoms with Crippen LogP contribution in [0.15, 0.2) is 48.5 Å².